The van der Waals surface area contributed by atoms with E-state index < -0.39 is 5.97 Å². The van der Waals surface area contributed by atoms with Crippen LogP contribution in [0.1, 0.15) is 5.56 Å². The molecular weight excluding hydrogens is 391 g/mol. The predicted molar refractivity (Wildman–Crippen MR) is 104 cm³/mol. The molecule has 1 aromatic heterocycles. The molecular formula is C18H20Cl2N4O3. The molecule has 144 valence electrons. The molecule has 0 aliphatic carbocycles. The van der Waals surface area contributed by atoms with Gasteiger partial charge in [-0.15, -0.1) is 10.2 Å². The Morgan fingerprint density at radius 3 is 2.48 bits per heavy atom. The number of nitrogens with zero attached hydrogens (tertiary/aromatic N) is 4. The third kappa shape index (κ3) is 5.69. The zero-order valence-corrected chi connectivity index (χ0v) is 16.2. The summed E-state index contributed by atoms with van der Waals surface area (Å²) in [7, 11) is 0. The fourth-order valence-electron chi connectivity index (χ4n) is 2.95. The maximum Gasteiger partial charge on any atom is 0.307 e. The Balaban J connectivity index is 1.42. The van der Waals surface area contributed by atoms with Crippen molar-refractivity contribution in [1.29, 1.82) is 0 Å². The van der Waals surface area contributed by atoms with E-state index in [0.717, 1.165) is 49.7 Å². The largest absolute Gasteiger partial charge is 0.492 e. The quantitative estimate of drug-likeness (QED) is 0.751. The Bertz CT molecular complexity index is 781. The molecule has 9 heteroatoms. The summed E-state index contributed by atoms with van der Waals surface area (Å²) in [5.74, 6) is -0.0963. The highest BCUT2D eigenvalue weighted by molar-refractivity contribution is 6.33. The van der Waals surface area contributed by atoms with Crippen molar-refractivity contribution in [3.63, 3.8) is 0 Å². The molecule has 7 nitrogen and oxygen atoms in total. The van der Waals surface area contributed by atoms with Gasteiger partial charge >= 0.3 is 5.97 Å². The van der Waals surface area contributed by atoms with Crippen LogP contribution in [0, 0.1) is 0 Å². The van der Waals surface area contributed by atoms with Gasteiger partial charge in [-0.2, -0.15) is 0 Å². The first-order valence-electron chi connectivity index (χ1n) is 8.61. The van der Waals surface area contributed by atoms with Crippen LogP contribution >= 0.6 is 23.2 Å². The van der Waals surface area contributed by atoms with Gasteiger partial charge in [0.1, 0.15) is 12.4 Å². The van der Waals surface area contributed by atoms with Gasteiger partial charge in [0.2, 0.25) is 0 Å². The van der Waals surface area contributed by atoms with E-state index in [-0.39, 0.29) is 6.42 Å². The van der Waals surface area contributed by atoms with Gasteiger partial charge in [0.15, 0.2) is 10.3 Å². The third-order valence-corrected chi connectivity index (χ3v) is 4.82. The number of benzene rings is 1. The van der Waals surface area contributed by atoms with Gasteiger partial charge in [-0.25, -0.2) is 0 Å². The van der Waals surface area contributed by atoms with Crippen LogP contribution in [-0.2, 0) is 11.2 Å². The molecule has 3 rings (SSSR count). The van der Waals surface area contributed by atoms with Gasteiger partial charge < -0.3 is 14.7 Å². The minimum Gasteiger partial charge on any atom is -0.492 e. The molecule has 0 saturated carbocycles. The summed E-state index contributed by atoms with van der Waals surface area (Å²) in [4.78, 5) is 15.2. The molecule has 1 N–H and O–H groups in total. The van der Waals surface area contributed by atoms with E-state index in [1.54, 1.807) is 30.3 Å². The molecule has 0 spiro atoms. The van der Waals surface area contributed by atoms with Crippen molar-refractivity contribution in [1.82, 2.24) is 15.1 Å². The van der Waals surface area contributed by atoms with E-state index in [9.17, 15) is 4.79 Å². The van der Waals surface area contributed by atoms with Gasteiger partial charge in [-0.3, -0.25) is 9.69 Å². The fraction of sp³-hybridized carbons (Fsp3) is 0.389. The standard InChI is InChI=1S/C18H20Cl2N4O3/c19-16-12-15(18(20)22-21-16)24-7-5-23(6-8-24)9-10-27-14-3-1-13(2-4-14)11-17(25)26/h1-4,12H,5-11H2,(H,25,26). The Morgan fingerprint density at radius 2 is 1.81 bits per heavy atom. The SMILES string of the molecule is O=C(O)Cc1ccc(OCCN2CCN(c3cc(Cl)nnc3Cl)CC2)cc1. The number of hydrogen-bond acceptors (Lipinski definition) is 6. The highest BCUT2D eigenvalue weighted by Crippen LogP contribution is 2.26. The van der Waals surface area contributed by atoms with Crippen molar-refractivity contribution < 1.29 is 14.6 Å². The molecule has 1 aromatic carbocycles. The summed E-state index contributed by atoms with van der Waals surface area (Å²) in [5.41, 5.74) is 1.57. The molecule has 1 aliphatic rings. The molecule has 1 fully saturated rings. The summed E-state index contributed by atoms with van der Waals surface area (Å²) in [5, 5.41) is 17.1. The Morgan fingerprint density at radius 1 is 1.11 bits per heavy atom. The first-order chi connectivity index (χ1) is 13.0. The molecule has 27 heavy (non-hydrogen) atoms. The zero-order valence-electron chi connectivity index (χ0n) is 14.6. The number of carbonyl (C=O) groups is 1. The van der Waals surface area contributed by atoms with Crippen LogP contribution in [0.2, 0.25) is 10.3 Å². The van der Waals surface area contributed by atoms with E-state index >= 15 is 0 Å². The number of hydrogen-bond donors (Lipinski definition) is 1. The van der Waals surface area contributed by atoms with E-state index in [1.807, 2.05) is 0 Å². The van der Waals surface area contributed by atoms with Crippen molar-refractivity contribution in [3.8, 4) is 5.75 Å². The minimum absolute atomic E-state index is 0.0206. The summed E-state index contributed by atoms with van der Waals surface area (Å²) in [6.45, 7) is 4.81. The predicted octanol–water partition coefficient (Wildman–Crippen LogP) is 2.61. The van der Waals surface area contributed by atoms with Gasteiger partial charge in [0.25, 0.3) is 0 Å². The van der Waals surface area contributed by atoms with E-state index in [1.165, 1.54) is 0 Å². The van der Waals surface area contributed by atoms with E-state index in [2.05, 4.69) is 20.0 Å². The summed E-state index contributed by atoms with van der Waals surface area (Å²) < 4.78 is 5.76. The average Bonchev–Trinajstić information content (AvgIpc) is 2.65. The maximum absolute atomic E-state index is 10.7. The van der Waals surface area contributed by atoms with Crippen molar-refractivity contribution in [2.45, 2.75) is 6.42 Å². The van der Waals surface area contributed by atoms with Crippen LogP contribution < -0.4 is 9.64 Å². The van der Waals surface area contributed by atoms with Gasteiger partial charge in [-0.1, -0.05) is 35.3 Å². The second kappa shape index (κ2) is 9.21. The smallest absolute Gasteiger partial charge is 0.307 e. The topological polar surface area (TPSA) is 78.8 Å². The normalized spacial score (nSPS) is 15.0. The Labute approximate surface area is 167 Å². The number of carboxylic acid groups (broad SMARTS) is 1. The van der Waals surface area contributed by atoms with Gasteiger partial charge in [0, 0.05) is 38.8 Å². The molecule has 0 radical (unpaired) electrons. The molecule has 0 unspecified atom stereocenters. The summed E-state index contributed by atoms with van der Waals surface area (Å²) in [6, 6.07) is 8.90. The van der Waals surface area contributed by atoms with Crippen LogP contribution in [-0.4, -0.2) is 65.5 Å². The maximum atomic E-state index is 10.7. The lowest BCUT2D eigenvalue weighted by Crippen LogP contribution is -2.47. The highest BCUT2D eigenvalue weighted by atomic mass is 35.5. The van der Waals surface area contributed by atoms with Crippen LogP contribution in [0.3, 0.4) is 0 Å². The first-order valence-corrected chi connectivity index (χ1v) is 9.36. The molecule has 2 aromatic rings. The molecule has 1 saturated heterocycles. The van der Waals surface area contributed by atoms with E-state index in [0.29, 0.717) is 16.9 Å². The number of carboxylic acids is 1. The fourth-order valence-corrected chi connectivity index (χ4v) is 3.30. The second-order valence-corrected chi connectivity index (χ2v) is 6.98. The molecule has 2 heterocycles. The molecule has 0 bridgehead atoms. The zero-order chi connectivity index (χ0) is 19.2. The van der Waals surface area contributed by atoms with Crippen molar-refractivity contribution >= 4 is 34.9 Å². The minimum atomic E-state index is -0.839. The number of ether oxygens (including phenoxy) is 1. The van der Waals surface area contributed by atoms with Gasteiger partial charge in [0.05, 0.1) is 12.1 Å². The second-order valence-electron chi connectivity index (χ2n) is 6.23. The third-order valence-electron chi connectivity index (χ3n) is 4.37. The molecule has 0 amide bonds. The lowest BCUT2D eigenvalue weighted by Gasteiger charge is -2.36. The van der Waals surface area contributed by atoms with Crippen LogP contribution in [0.4, 0.5) is 5.69 Å². The lowest BCUT2D eigenvalue weighted by atomic mass is 10.1. The van der Waals surface area contributed by atoms with Gasteiger partial charge in [-0.05, 0) is 17.7 Å². The Kier molecular flexibility index (Phi) is 6.71. The molecule has 1 aliphatic heterocycles. The number of aliphatic carboxylic acids is 1. The van der Waals surface area contributed by atoms with Crippen LogP contribution in [0.15, 0.2) is 30.3 Å². The number of anilines is 1. The highest BCUT2D eigenvalue weighted by Gasteiger charge is 2.20. The number of halogens is 2. The van der Waals surface area contributed by atoms with Crippen molar-refractivity contribution in [2.75, 3.05) is 44.2 Å². The van der Waals surface area contributed by atoms with Crippen molar-refractivity contribution in [2.24, 2.45) is 0 Å². The van der Waals surface area contributed by atoms with Crippen LogP contribution in [0.25, 0.3) is 0 Å². The number of piperazine rings is 1. The number of rotatable bonds is 7. The monoisotopic (exact) mass is 410 g/mol. The average molecular weight is 411 g/mol. The first kappa shape index (κ1) is 19.7. The lowest BCUT2D eigenvalue weighted by molar-refractivity contribution is -0.136. The summed E-state index contributed by atoms with van der Waals surface area (Å²) in [6.07, 6.45) is 0.0206. The van der Waals surface area contributed by atoms with E-state index in [4.69, 9.17) is 33.0 Å². The number of aromatic nitrogens is 2. The Hall–Kier alpha value is -2.09. The molecule has 0 atom stereocenters. The van der Waals surface area contributed by atoms with Crippen LogP contribution in [0.5, 0.6) is 5.75 Å². The summed E-state index contributed by atoms with van der Waals surface area (Å²) >= 11 is 12.0. The van der Waals surface area contributed by atoms with Crippen molar-refractivity contribution in [3.05, 3.63) is 46.2 Å².